The van der Waals surface area contributed by atoms with E-state index < -0.39 is 5.54 Å². The molecule has 5 heteroatoms. The number of nitrogens with two attached hydrogens (primary N) is 1. The van der Waals surface area contributed by atoms with E-state index in [0.717, 1.165) is 12.8 Å². The lowest BCUT2D eigenvalue weighted by atomic mass is 9.95. The van der Waals surface area contributed by atoms with Crippen LogP contribution in [0, 0.1) is 5.82 Å². The average molecular weight is 280 g/mol. The minimum absolute atomic E-state index is 0.285. The molecule has 0 spiro atoms. The SMILES string of the molecule is CC(CCCOc1ccc(F)cc1)(NC1CC1)C(N)=O. The number of hydrogen-bond donors (Lipinski definition) is 2. The molecule has 1 aromatic carbocycles. The van der Waals surface area contributed by atoms with Gasteiger partial charge in [-0.15, -0.1) is 0 Å². The molecule has 1 atom stereocenters. The molecule has 0 aliphatic heterocycles. The van der Waals surface area contributed by atoms with Crippen LogP contribution < -0.4 is 15.8 Å². The van der Waals surface area contributed by atoms with Crippen LogP contribution in [0.2, 0.25) is 0 Å². The molecule has 1 unspecified atom stereocenters. The smallest absolute Gasteiger partial charge is 0.237 e. The Balaban J connectivity index is 1.75. The number of primary amides is 1. The van der Waals surface area contributed by atoms with Crippen molar-refractivity contribution in [2.75, 3.05) is 6.61 Å². The maximum absolute atomic E-state index is 12.7. The van der Waals surface area contributed by atoms with Gasteiger partial charge in [-0.25, -0.2) is 4.39 Å². The van der Waals surface area contributed by atoms with Gasteiger partial charge in [-0.05, 0) is 56.9 Å². The maximum atomic E-state index is 12.7. The molecule has 0 aromatic heterocycles. The highest BCUT2D eigenvalue weighted by molar-refractivity contribution is 5.84. The highest BCUT2D eigenvalue weighted by Gasteiger charge is 2.36. The van der Waals surface area contributed by atoms with E-state index in [0.29, 0.717) is 31.2 Å². The van der Waals surface area contributed by atoms with Crippen LogP contribution in [0.25, 0.3) is 0 Å². The lowest BCUT2D eigenvalue weighted by Gasteiger charge is -2.27. The van der Waals surface area contributed by atoms with E-state index in [9.17, 15) is 9.18 Å². The van der Waals surface area contributed by atoms with Crippen molar-refractivity contribution < 1.29 is 13.9 Å². The molecule has 1 fully saturated rings. The molecule has 1 saturated carbocycles. The summed E-state index contributed by atoms with van der Waals surface area (Å²) >= 11 is 0. The number of rotatable bonds is 8. The summed E-state index contributed by atoms with van der Waals surface area (Å²) in [5, 5.41) is 3.29. The van der Waals surface area contributed by atoms with Crippen molar-refractivity contribution in [1.82, 2.24) is 5.32 Å². The number of hydrogen-bond acceptors (Lipinski definition) is 3. The zero-order chi connectivity index (χ0) is 14.6. The minimum Gasteiger partial charge on any atom is -0.494 e. The molecular formula is C15H21FN2O2. The molecule has 4 nitrogen and oxygen atoms in total. The van der Waals surface area contributed by atoms with Crippen molar-refractivity contribution in [2.45, 2.75) is 44.2 Å². The second-order valence-electron chi connectivity index (χ2n) is 5.52. The van der Waals surface area contributed by atoms with Crippen LogP contribution in [0.5, 0.6) is 5.75 Å². The zero-order valence-corrected chi connectivity index (χ0v) is 11.7. The molecule has 110 valence electrons. The summed E-state index contributed by atoms with van der Waals surface area (Å²) in [5.41, 5.74) is 4.80. The van der Waals surface area contributed by atoms with E-state index in [-0.39, 0.29) is 11.7 Å². The highest BCUT2D eigenvalue weighted by Crippen LogP contribution is 2.24. The minimum atomic E-state index is -0.673. The number of carbonyl (C=O) groups is 1. The summed E-state index contributed by atoms with van der Waals surface area (Å²) in [6.07, 6.45) is 3.54. The number of nitrogens with one attached hydrogen (secondary N) is 1. The zero-order valence-electron chi connectivity index (χ0n) is 11.7. The van der Waals surface area contributed by atoms with Gasteiger partial charge in [0.05, 0.1) is 12.1 Å². The summed E-state index contributed by atoms with van der Waals surface area (Å²) < 4.78 is 18.2. The fraction of sp³-hybridized carbons (Fsp3) is 0.533. The second kappa shape index (κ2) is 6.22. The van der Waals surface area contributed by atoms with Crippen molar-refractivity contribution >= 4 is 5.91 Å². The van der Waals surface area contributed by atoms with Gasteiger partial charge in [0.15, 0.2) is 0 Å². The number of ether oxygens (including phenoxy) is 1. The van der Waals surface area contributed by atoms with Crippen LogP contribution in [-0.2, 0) is 4.79 Å². The molecular weight excluding hydrogens is 259 g/mol. The van der Waals surface area contributed by atoms with Gasteiger partial charge in [-0.2, -0.15) is 0 Å². The van der Waals surface area contributed by atoms with Crippen molar-refractivity contribution in [3.05, 3.63) is 30.1 Å². The third kappa shape index (κ3) is 4.20. The van der Waals surface area contributed by atoms with Crippen molar-refractivity contribution in [3.8, 4) is 5.75 Å². The Hall–Kier alpha value is -1.62. The summed E-state index contributed by atoms with van der Waals surface area (Å²) in [4.78, 5) is 11.6. The monoisotopic (exact) mass is 280 g/mol. The molecule has 0 heterocycles. The Bertz CT molecular complexity index is 459. The van der Waals surface area contributed by atoms with Crippen molar-refractivity contribution in [3.63, 3.8) is 0 Å². The fourth-order valence-electron chi connectivity index (χ4n) is 2.09. The quantitative estimate of drug-likeness (QED) is 0.716. The first-order chi connectivity index (χ1) is 9.49. The summed E-state index contributed by atoms with van der Waals surface area (Å²) in [7, 11) is 0. The lowest BCUT2D eigenvalue weighted by molar-refractivity contribution is -0.124. The van der Waals surface area contributed by atoms with E-state index in [4.69, 9.17) is 10.5 Å². The standard InChI is InChI=1S/C15H21FN2O2/c1-15(14(17)19,18-12-5-6-12)9-2-10-20-13-7-3-11(16)4-8-13/h3-4,7-8,12,18H,2,5-6,9-10H2,1H3,(H2,17,19). The van der Waals surface area contributed by atoms with Crippen LogP contribution in [0.3, 0.4) is 0 Å². The predicted molar refractivity (Wildman–Crippen MR) is 74.9 cm³/mol. The molecule has 1 aliphatic carbocycles. The van der Waals surface area contributed by atoms with Crippen molar-refractivity contribution in [1.29, 1.82) is 0 Å². The Labute approximate surface area is 118 Å². The van der Waals surface area contributed by atoms with Gasteiger partial charge in [0.2, 0.25) is 5.91 Å². The summed E-state index contributed by atoms with van der Waals surface area (Å²) in [6, 6.07) is 6.32. The molecule has 2 rings (SSSR count). The van der Waals surface area contributed by atoms with E-state index >= 15 is 0 Å². The van der Waals surface area contributed by atoms with Gasteiger partial charge >= 0.3 is 0 Å². The number of benzene rings is 1. The van der Waals surface area contributed by atoms with Crippen LogP contribution in [0.4, 0.5) is 4.39 Å². The van der Waals surface area contributed by atoms with Crippen LogP contribution in [-0.4, -0.2) is 24.1 Å². The third-order valence-corrected chi connectivity index (χ3v) is 3.55. The molecule has 1 aromatic rings. The highest BCUT2D eigenvalue weighted by atomic mass is 19.1. The fourth-order valence-corrected chi connectivity index (χ4v) is 2.09. The average Bonchev–Trinajstić information content (AvgIpc) is 3.20. The van der Waals surface area contributed by atoms with Crippen molar-refractivity contribution in [2.24, 2.45) is 5.73 Å². The Morgan fingerprint density at radius 1 is 1.45 bits per heavy atom. The Morgan fingerprint density at radius 2 is 2.10 bits per heavy atom. The first-order valence-corrected chi connectivity index (χ1v) is 6.95. The Morgan fingerprint density at radius 3 is 2.65 bits per heavy atom. The molecule has 0 bridgehead atoms. The molecule has 1 amide bonds. The van der Waals surface area contributed by atoms with Crippen LogP contribution in [0.15, 0.2) is 24.3 Å². The molecule has 3 N–H and O–H groups in total. The Kier molecular flexibility index (Phi) is 4.60. The van der Waals surface area contributed by atoms with Gasteiger partial charge < -0.3 is 15.8 Å². The van der Waals surface area contributed by atoms with E-state index in [1.165, 1.54) is 12.1 Å². The first kappa shape index (κ1) is 14.8. The maximum Gasteiger partial charge on any atom is 0.237 e. The number of amides is 1. The topological polar surface area (TPSA) is 64.3 Å². The van der Waals surface area contributed by atoms with Gasteiger partial charge in [0.25, 0.3) is 0 Å². The number of halogens is 1. The predicted octanol–water partition coefficient (Wildman–Crippen LogP) is 1.98. The third-order valence-electron chi connectivity index (χ3n) is 3.55. The van der Waals surface area contributed by atoms with E-state index in [1.807, 2.05) is 6.92 Å². The van der Waals surface area contributed by atoms with Crippen LogP contribution in [0.1, 0.15) is 32.6 Å². The molecule has 20 heavy (non-hydrogen) atoms. The molecule has 0 radical (unpaired) electrons. The molecule has 0 saturated heterocycles. The van der Waals surface area contributed by atoms with Crippen LogP contribution >= 0.6 is 0 Å². The normalized spacial score (nSPS) is 17.5. The van der Waals surface area contributed by atoms with Gasteiger partial charge in [0.1, 0.15) is 11.6 Å². The lowest BCUT2D eigenvalue weighted by Crippen LogP contribution is -2.54. The molecule has 1 aliphatic rings. The van der Waals surface area contributed by atoms with E-state index in [1.54, 1.807) is 12.1 Å². The largest absolute Gasteiger partial charge is 0.494 e. The van der Waals surface area contributed by atoms with E-state index in [2.05, 4.69) is 5.32 Å². The first-order valence-electron chi connectivity index (χ1n) is 6.95. The summed E-state index contributed by atoms with van der Waals surface area (Å²) in [5.74, 6) is 0.0146. The van der Waals surface area contributed by atoms with Gasteiger partial charge in [-0.1, -0.05) is 0 Å². The van der Waals surface area contributed by atoms with Gasteiger partial charge in [0, 0.05) is 6.04 Å². The number of carbonyl (C=O) groups excluding carboxylic acids is 1. The summed E-state index contributed by atoms with van der Waals surface area (Å²) in [6.45, 7) is 2.31. The van der Waals surface area contributed by atoms with Gasteiger partial charge in [-0.3, -0.25) is 4.79 Å². The second-order valence-corrected chi connectivity index (χ2v) is 5.52.